The lowest BCUT2D eigenvalue weighted by Gasteiger charge is -2.31. The Balaban J connectivity index is 5.39. The van der Waals surface area contributed by atoms with Crippen molar-refractivity contribution in [2.45, 2.75) is 437 Å². The van der Waals surface area contributed by atoms with Gasteiger partial charge in [0.05, 0.1) is 24.4 Å². The van der Waals surface area contributed by atoms with Crippen molar-refractivity contribution in [3.05, 3.63) is 97.2 Å². The highest BCUT2D eigenvalue weighted by atomic mass is 16.3. The van der Waals surface area contributed by atoms with Gasteiger partial charge in [0.1, 0.15) is 0 Å². The Morgan fingerprint density at radius 3 is 0.540 bits per heavy atom. The fraction of sp³-hybridized carbons (Fsp3) is 0.828. The van der Waals surface area contributed by atoms with Crippen LogP contribution in [0.4, 0.5) is 0 Å². The van der Waals surface area contributed by atoms with E-state index in [2.05, 4.69) is 147 Å². The minimum Gasteiger partial charge on any atom is -0.392 e. The highest BCUT2D eigenvalue weighted by Crippen LogP contribution is 2.18. The first-order valence-corrected chi connectivity index (χ1v) is 44.3. The first-order valence-electron chi connectivity index (χ1n) is 44.3. The average Bonchev–Trinajstić information content (AvgIpc) is 1.16. The number of hydrogen-bond donors (Lipinski definition) is 4. The number of aliphatic hydroxyl groups excluding tert-OH is 4. The Morgan fingerprint density at radius 1 is 0.200 bits per heavy atom. The quantitative estimate of drug-likeness (QED) is 0.0356. The lowest BCUT2D eigenvalue weighted by molar-refractivity contribution is 0.0492. The molecule has 0 spiro atoms. The fourth-order valence-electron chi connectivity index (χ4n) is 13.7. The molecule has 0 aromatic carbocycles. The zero-order valence-electron chi connectivity index (χ0n) is 67.8. The second kappa shape index (κ2) is 83.9. The molecular formula is C93H175N3O4. The Morgan fingerprint density at radius 2 is 0.360 bits per heavy atom. The Hall–Kier alpha value is -2.36. The second-order valence-corrected chi connectivity index (χ2v) is 30.8. The number of unbranched alkanes of at least 4 members (excludes halogenated alkanes) is 44. The summed E-state index contributed by atoms with van der Waals surface area (Å²) in [5.74, 6) is 0. The lowest BCUT2D eigenvalue weighted by atomic mass is 10.0. The van der Waals surface area contributed by atoms with E-state index in [0.717, 1.165) is 155 Å². The van der Waals surface area contributed by atoms with E-state index in [1.54, 1.807) is 0 Å². The standard InChI is InChI=1S/C93H175N3O4/c1-6-10-14-18-22-26-30-34-38-42-46-50-54-58-62-66-70-74-78-90(97)86-95(87-91(98)79-75-71-67-63-59-55-51-47-43-39-35-31-27-23-19-15-11-7-2)84-82-94(5)83-85-96(88-92(99)80-76-72-68-64-60-56-52-48-44-40-36-32-28-24-20-16-12-8-3)89-93(100)81-77-73-69-65-61-57-53-49-45-41-37-33-29-25-21-17-13-9-4/h34-41,46-53,90-93,97-100H,6-33,42-45,54-89H2,1-5H3/b38-34-,39-35-,40-36-,41-37-,50-46-,51-47-,52-48-,53-49-. The molecule has 0 amide bonds. The molecule has 4 N–H and O–H groups in total. The molecule has 0 aliphatic carbocycles. The van der Waals surface area contributed by atoms with Crippen molar-refractivity contribution in [3.8, 4) is 0 Å². The molecule has 0 fully saturated rings. The molecule has 4 unspecified atom stereocenters. The third kappa shape index (κ3) is 79.8. The zero-order chi connectivity index (χ0) is 72.4. The predicted molar refractivity (Wildman–Crippen MR) is 447 cm³/mol. The minimum atomic E-state index is -0.402. The highest BCUT2D eigenvalue weighted by Gasteiger charge is 2.19. The van der Waals surface area contributed by atoms with Gasteiger partial charge in [-0.3, -0.25) is 9.80 Å². The van der Waals surface area contributed by atoms with E-state index in [4.69, 9.17) is 0 Å². The number of allylic oxidation sites excluding steroid dienone is 16. The predicted octanol–water partition coefficient (Wildman–Crippen LogP) is 26.9. The van der Waals surface area contributed by atoms with E-state index in [1.165, 1.54) is 257 Å². The molecule has 0 bridgehead atoms. The Labute approximate surface area is 625 Å². The van der Waals surface area contributed by atoms with Gasteiger partial charge in [0.2, 0.25) is 0 Å². The van der Waals surface area contributed by atoms with Gasteiger partial charge in [0, 0.05) is 52.4 Å². The molecule has 0 aliphatic rings. The maximum absolute atomic E-state index is 11.5. The van der Waals surface area contributed by atoms with E-state index in [9.17, 15) is 20.4 Å². The van der Waals surface area contributed by atoms with Crippen molar-refractivity contribution in [1.82, 2.24) is 14.7 Å². The number of aliphatic hydroxyl groups is 4. The molecule has 0 saturated carbocycles. The average molecular weight is 1400 g/mol. The highest BCUT2D eigenvalue weighted by molar-refractivity contribution is 4.96. The van der Waals surface area contributed by atoms with E-state index in [-0.39, 0.29) is 0 Å². The van der Waals surface area contributed by atoms with E-state index in [1.807, 2.05) is 0 Å². The third-order valence-corrected chi connectivity index (χ3v) is 20.4. The van der Waals surface area contributed by atoms with Crippen LogP contribution in [0.15, 0.2) is 97.2 Å². The molecule has 100 heavy (non-hydrogen) atoms. The third-order valence-electron chi connectivity index (χ3n) is 20.4. The maximum Gasteiger partial charge on any atom is 0.0667 e. The molecule has 0 radical (unpaired) electrons. The normalized spacial score (nSPS) is 14.0. The second-order valence-electron chi connectivity index (χ2n) is 30.8. The van der Waals surface area contributed by atoms with Gasteiger partial charge in [0.15, 0.2) is 0 Å². The van der Waals surface area contributed by atoms with Gasteiger partial charge < -0.3 is 25.3 Å². The van der Waals surface area contributed by atoms with Gasteiger partial charge in [-0.15, -0.1) is 0 Å². The smallest absolute Gasteiger partial charge is 0.0667 e. The summed E-state index contributed by atoms with van der Waals surface area (Å²) in [7, 11) is 2.20. The van der Waals surface area contributed by atoms with Crippen LogP contribution in [0.5, 0.6) is 0 Å². The van der Waals surface area contributed by atoms with Crippen LogP contribution in [-0.4, -0.2) is 119 Å². The van der Waals surface area contributed by atoms with Crippen molar-refractivity contribution < 1.29 is 20.4 Å². The number of hydrogen-bond acceptors (Lipinski definition) is 7. The Kier molecular flexibility index (Phi) is 81.9. The molecule has 0 aromatic rings. The van der Waals surface area contributed by atoms with Crippen molar-refractivity contribution >= 4 is 0 Å². The number of likely N-dealkylation sites (N-methyl/N-ethyl adjacent to an activating group) is 1. The van der Waals surface area contributed by atoms with Crippen molar-refractivity contribution in [2.75, 3.05) is 59.4 Å². The van der Waals surface area contributed by atoms with Crippen LogP contribution in [0.25, 0.3) is 0 Å². The van der Waals surface area contributed by atoms with E-state index in [0.29, 0.717) is 26.2 Å². The largest absolute Gasteiger partial charge is 0.392 e. The topological polar surface area (TPSA) is 90.6 Å². The summed E-state index contributed by atoms with van der Waals surface area (Å²) in [6, 6.07) is 0. The summed E-state index contributed by atoms with van der Waals surface area (Å²) in [4.78, 5) is 7.06. The van der Waals surface area contributed by atoms with Gasteiger partial charge in [-0.25, -0.2) is 0 Å². The minimum absolute atomic E-state index is 0.402. The summed E-state index contributed by atoms with van der Waals surface area (Å²) < 4.78 is 0. The van der Waals surface area contributed by atoms with E-state index >= 15 is 0 Å². The van der Waals surface area contributed by atoms with Crippen LogP contribution >= 0.6 is 0 Å². The molecule has 7 heteroatoms. The zero-order valence-corrected chi connectivity index (χ0v) is 67.8. The summed E-state index contributed by atoms with van der Waals surface area (Å²) >= 11 is 0. The molecule has 0 aliphatic heterocycles. The van der Waals surface area contributed by atoms with Gasteiger partial charge in [0.25, 0.3) is 0 Å². The molecule has 0 heterocycles. The summed E-state index contributed by atoms with van der Waals surface area (Å²) in [6.45, 7) is 14.8. The van der Waals surface area contributed by atoms with Crippen LogP contribution in [0.2, 0.25) is 0 Å². The van der Waals surface area contributed by atoms with Gasteiger partial charge in [-0.1, -0.05) is 356 Å². The van der Waals surface area contributed by atoms with Crippen LogP contribution in [0, 0.1) is 0 Å². The monoisotopic (exact) mass is 1400 g/mol. The molecule has 4 atom stereocenters. The first kappa shape index (κ1) is 97.6. The molecule has 0 saturated heterocycles. The summed E-state index contributed by atoms with van der Waals surface area (Å²) in [5.41, 5.74) is 0. The van der Waals surface area contributed by atoms with Gasteiger partial charge in [-0.05, 0) is 161 Å². The van der Waals surface area contributed by atoms with Crippen molar-refractivity contribution in [2.24, 2.45) is 0 Å². The van der Waals surface area contributed by atoms with Gasteiger partial charge in [-0.2, -0.15) is 0 Å². The van der Waals surface area contributed by atoms with Crippen molar-refractivity contribution in [1.29, 1.82) is 0 Å². The number of rotatable bonds is 82. The molecule has 0 rings (SSSR count). The van der Waals surface area contributed by atoms with Crippen LogP contribution in [-0.2, 0) is 0 Å². The SMILES string of the molecule is CCCCCCCC/C=C\C/C=C\CCCCCCCC(O)CN(CCN(C)CCN(CC(O)CCCCCCC/C=C\C/C=C\CCCCCCCC)CC(O)CCCCCCC/C=C\C/C=C\CCCCCCCC)CC(O)CCCCCCC/C=C\C/C=C\CCCCCCCC. The summed E-state index contributed by atoms with van der Waals surface area (Å²) in [6.07, 6.45) is 109. The maximum atomic E-state index is 11.5. The van der Waals surface area contributed by atoms with Crippen molar-refractivity contribution in [3.63, 3.8) is 0 Å². The molecule has 586 valence electrons. The molecule has 0 aromatic heterocycles. The van der Waals surface area contributed by atoms with Gasteiger partial charge >= 0.3 is 0 Å². The molecule has 7 nitrogen and oxygen atoms in total. The Bertz CT molecular complexity index is 1570. The lowest BCUT2D eigenvalue weighted by Crippen LogP contribution is -2.44. The van der Waals surface area contributed by atoms with E-state index < -0.39 is 24.4 Å². The fourth-order valence-corrected chi connectivity index (χ4v) is 13.7. The van der Waals surface area contributed by atoms with Crippen LogP contribution in [0.3, 0.4) is 0 Å². The van der Waals surface area contributed by atoms with Crippen LogP contribution in [0.1, 0.15) is 413 Å². The van der Waals surface area contributed by atoms with Crippen LogP contribution < -0.4 is 0 Å². The molecular weight excluding hydrogens is 1220 g/mol. The first-order chi connectivity index (χ1) is 49.2. The number of nitrogens with zero attached hydrogens (tertiary/aromatic N) is 3. The summed E-state index contributed by atoms with van der Waals surface area (Å²) in [5, 5.41) is 46.0.